The molecule has 0 spiro atoms. The van der Waals surface area contributed by atoms with Crippen LogP contribution in [0.15, 0.2) is 24.9 Å². The Morgan fingerprint density at radius 1 is 1.42 bits per heavy atom. The lowest BCUT2D eigenvalue weighted by atomic mass is 10.3. The second-order valence-electron chi connectivity index (χ2n) is 3.79. The predicted octanol–water partition coefficient (Wildman–Crippen LogP) is 1.37. The Labute approximate surface area is 107 Å². The van der Waals surface area contributed by atoms with Crippen molar-refractivity contribution in [3.05, 3.63) is 36.6 Å². The van der Waals surface area contributed by atoms with E-state index in [0.29, 0.717) is 19.0 Å². The molecule has 0 fully saturated rings. The van der Waals surface area contributed by atoms with Gasteiger partial charge >= 0.3 is 0 Å². The van der Waals surface area contributed by atoms with Crippen LogP contribution in [-0.4, -0.2) is 25.7 Å². The van der Waals surface area contributed by atoms with Gasteiger partial charge in [-0.1, -0.05) is 0 Å². The Morgan fingerprint density at radius 2 is 2.26 bits per heavy atom. The third-order valence-corrected chi connectivity index (χ3v) is 2.32. The summed E-state index contributed by atoms with van der Waals surface area (Å²) in [7, 11) is 0. The molecule has 0 saturated carbocycles. The summed E-state index contributed by atoms with van der Waals surface area (Å²) in [5, 5.41) is 6.16. The highest BCUT2D eigenvalue weighted by Crippen LogP contribution is 2.11. The highest BCUT2D eigenvalue weighted by molar-refractivity contribution is 5.89. The number of aryl methyl sites for hydroxylation is 1. The number of hydrogen-bond donors (Lipinski definition) is 1. The van der Waals surface area contributed by atoms with Crippen LogP contribution in [0.1, 0.15) is 12.8 Å². The number of halogens is 2. The van der Waals surface area contributed by atoms with Gasteiger partial charge in [-0.05, 0) is 6.42 Å². The summed E-state index contributed by atoms with van der Waals surface area (Å²) in [5.41, 5.74) is 0. The molecule has 19 heavy (non-hydrogen) atoms. The second kappa shape index (κ2) is 5.98. The molecule has 0 unspecified atom stereocenters. The van der Waals surface area contributed by atoms with Gasteiger partial charge in [-0.3, -0.25) is 9.48 Å². The Balaban J connectivity index is 1.80. The van der Waals surface area contributed by atoms with Gasteiger partial charge in [-0.2, -0.15) is 5.10 Å². The zero-order valence-electron chi connectivity index (χ0n) is 9.88. The zero-order chi connectivity index (χ0) is 13.7. The van der Waals surface area contributed by atoms with Crippen molar-refractivity contribution in [1.82, 2.24) is 19.7 Å². The van der Waals surface area contributed by atoms with Crippen LogP contribution in [0, 0.1) is 11.6 Å². The van der Waals surface area contributed by atoms with Crippen LogP contribution in [0.3, 0.4) is 0 Å². The van der Waals surface area contributed by atoms with E-state index in [1.165, 1.54) is 6.33 Å². The monoisotopic (exact) mass is 267 g/mol. The number of carbonyl (C=O) groups excluding carboxylic acids is 1. The van der Waals surface area contributed by atoms with E-state index in [4.69, 9.17) is 0 Å². The van der Waals surface area contributed by atoms with E-state index < -0.39 is 17.5 Å². The molecule has 6 nitrogen and oxygen atoms in total. The smallest absolute Gasteiger partial charge is 0.225 e. The van der Waals surface area contributed by atoms with E-state index >= 15 is 0 Å². The number of rotatable bonds is 5. The van der Waals surface area contributed by atoms with Crippen LogP contribution in [0.5, 0.6) is 0 Å². The maximum absolute atomic E-state index is 13.2. The lowest BCUT2D eigenvalue weighted by Crippen LogP contribution is -2.14. The molecule has 2 rings (SSSR count). The Kier molecular flexibility index (Phi) is 4.11. The van der Waals surface area contributed by atoms with Crippen LogP contribution in [0.2, 0.25) is 0 Å². The molecular weight excluding hydrogens is 256 g/mol. The van der Waals surface area contributed by atoms with Crippen molar-refractivity contribution in [2.45, 2.75) is 19.4 Å². The molecule has 0 saturated heterocycles. The quantitative estimate of drug-likeness (QED) is 0.888. The molecule has 0 radical (unpaired) electrons. The number of hydrogen-bond acceptors (Lipinski definition) is 4. The normalized spacial score (nSPS) is 10.4. The summed E-state index contributed by atoms with van der Waals surface area (Å²) in [5.74, 6) is -2.35. The van der Waals surface area contributed by atoms with Crippen LogP contribution in [0.25, 0.3) is 0 Å². The Morgan fingerprint density at radius 3 is 2.95 bits per heavy atom. The summed E-state index contributed by atoms with van der Waals surface area (Å²) >= 11 is 0. The number of pyridine rings is 1. The largest absolute Gasteiger partial charge is 0.308 e. The summed E-state index contributed by atoms with van der Waals surface area (Å²) in [6.45, 7) is 0.534. The minimum absolute atomic E-state index is 0.179. The molecule has 2 heterocycles. The zero-order valence-corrected chi connectivity index (χ0v) is 9.88. The van der Waals surface area contributed by atoms with Gasteiger partial charge in [0.25, 0.3) is 0 Å². The molecule has 100 valence electrons. The molecule has 2 aromatic rings. The fourth-order valence-electron chi connectivity index (χ4n) is 1.45. The molecule has 1 N–H and O–H groups in total. The third kappa shape index (κ3) is 3.80. The van der Waals surface area contributed by atoms with Crippen molar-refractivity contribution < 1.29 is 13.6 Å². The van der Waals surface area contributed by atoms with Crippen LogP contribution >= 0.6 is 0 Å². The maximum atomic E-state index is 13.2. The van der Waals surface area contributed by atoms with E-state index in [-0.39, 0.29) is 12.2 Å². The van der Waals surface area contributed by atoms with E-state index in [0.717, 1.165) is 6.20 Å². The fraction of sp³-hybridized carbons (Fsp3) is 0.273. The molecule has 0 aromatic carbocycles. The first-order valence-electron chi connectivity index (χ1n) is 5.58. The van der Waals surface area contributed by atoms with Gasteiger partial charge in [-0.15, -0.1) is 0 Å². The Hall–Kier alpha value is -2.38. The molecule has 0 aliphatic carbocycles. The molecule has 0 aliphatic rings. The summed E-state index contributed by atoms with van der Waals surface area (Å²) in [6, 6.07) is 0.665. The van der Waals surface area contributed by atoms with Crippen molar-refractivity contribution in [1.29, 1.82) is 0 Å². The van der Waals surface area contributed by atoms with E-state index in [9.17, 15) is 13.6 Å². The number of amides is 1. The second-order valence-corrected chi connectivity index (χ2v) is 3.79. The lowest BCUT2D eigenvalue weighted by molar-refractivity contribution is -0.116. The molecular formula is C11H11F2N5O. The lowest BCUT2D eigenvalue weighted by Gasteiger charge is -2.05. The summed E-state index contributed by atoms with van der Waals surface area (Å²) < 4.78 is 27.4. The average molecular weight is 267 g/mol. The highest BCUT2D eigenvalue weighted by Gasteiger charge is 2.09. The minimum atomic E-state index is -0.898. The van der Waals surface area contributed by atoms with Gasteiger partial charge in [0.05, 0.1) is 6.20 Å². The molecule has 0 bridgehead atoms. The number of nitrogens with one attached hydrogen (secondary N) is 1. The number of carbonyl (C=O) groups is 1. The SMILES string of the molecule is O=C(CCCn1cncn1)Nc1ncc(F)cc1F. The fourth-order valence-corrected chi connectivity index (χ4v) is 1.45. The molecule has 0 atom stereocenters. The first-order chi connectivity index (χ1) is 9.15. The summed E-state index contributed by atoms with van der Waals surface area (Å²) in [4.78, 5) is 18.8. The minimum Gasteiger partial charge on any atom is -0.308 e. The topological polar surface area (TPSA) is 72.7 Å². The van der Waals surface area contributed by atoms with Gasteiger partial charge < -0.3 is 5.32 Å². The van der Waals surface area contributed by atoms with Crippen LogP contribution in [-0.2, 0) is 11.3 Å². The van der Waals surface area contributed by atoms with Gasteiger partial charge in [0.15, 0.2) is 11.6 Å². The van der Waals surface area contributed by atoms with Crippen molar-refractivity contribution in [2.24, 2.45) is 0 Å². The van der Waals surface area contributed by atoms with Crippen LogP contribution < -0.4 is 5.32 Å². The van der Waals surface area contributed by atoms with Gasteiger partial charge in [0, 0.05) is 19.0 Å². The third-order valence-electron chi connectivity index (χ3n) is 2.32. The molecule has 8 heteroatoms. The molecule has 1 amide bonds. The standard InChI is InChI=1S/C11H11F2N5O/c12-8-4-9(13)11(15-5-8)17-10(19)2-1-3-18-7-14-6-16-18/h4-7H,1-3H2,(H,15,17,19). The maximum Gasteiger partial charge on any atom is 0.225 e. The first kappa shape index (κ1) is 13.1. The van der Waals surface area contributed by atoms with Crippen molar-refractivity contribution >= 4 is 11.7 Å². The molecule has 2 aromatic heterocycles. The summed E-state index contributed by atoms with van der Waals surface area (Å²) in [6.07, 6.45) is 4.49. The van der Waals surface area contributed by atoms with E-state index in [1.807, 2.05) is 0 Å². The number of anilines is 1. The first-order valence-corrected chi connectivity index (χ1v) is 5.58. The number of aromatic nitrogens is 4. The van der Waals surface area contributed by atoms with E-state index in [2.05, 4.69) is 20.4 Å². The highest BCUT2D eigenvalue weighted by atomic mass is 19.1. The van der Waals surface area contributed by atoms with Crippen molar-refractivity contribution in [3.63, 3.8) is 0 Å². The van der Waals surface area contributed by atoms with E-state index in [1.54, 1.807) is 11.0 Å². The van der Waals surface area contributed by atoms with Crippen LogP contribution in [0.4, 0.5) is 14.6 Å². The predicted molar refractivity (Wildman–Crippen MR) is 62.0 cm³/mol. The van der Waals surface area contributed by atoms with Crippen molar-refractivity contribution in [2.75, 3.05) is 5.32 Å². The number of nitrogens with zero attached hydrogens (tertiary/aromatic N) is 4. The average Bonchev–Trinajstić information content (AvgIpc) is 2.86. The van der Waals surface area contributed by atoms with Crippen molar-refractivity contribution in [3.8, 4) is 0 Å². The van der Waals surface area contributed by atoms with Gasteiger partial charge in [0.1, 0.15) is 18.5 Å². The Bertz CT molecular complexity index is 558. The van der Waals surface area contributed by atoms with Gasteiger partial charge in [0.2, 0.25) is 5.91 Å². The van der Waals surface area contributed by atoms with Gasteiger partial charge in [-0.25, -0.2) is 18.7 Å². The molecule has 0 aliphatic heterocycles.